The highest BCUT2D eigenvalue weighted by Crippen LogP contribution is 2.44. The van der Waals surface area contributed by atoms with E-state index in [1.807, 2.05) is 0 Å². The van der Waals surface area contributed by atoms with Gasteiger partial charge in [0.2, 0.25) is 0 Å². The van der Waals surface area contributed by atoms with Crippen molar-refractivity contribution >= 4 is 0 Å². The summed E-state index contributed by atoms with van der Waals surface area (Å²) in [5.74, 6) is 2.92. The van der Waals surface area contributed by atoms with Gasteiger partial charge in [0, 0.05) is 19.1 Å². The molecular weight excluding hydrogens is 302 g/mol. The number of aliphatic hydroxyl groups is 1. The second kappa shape index (κ2) is 6.57. The molecule has 0 radical (unpaired) electrons. The minimum Gasteiger partial charge on any atom is -0.493 e. The molecule has 1 aliphatic carbocycles. The quantitative estimate of drug-likeness (QED) is 0.920. The summed E-state index contributed by atoms with van der Waals surface area (Å²) in [7, 11) is 3.38. The van der Waals surface area contributed by atoms with Crippen LogP contribution in [0.15, 0.2) is 12.1 Å². The summed E-state index contributed by atoms with van der Waals surface area (Å²) in [6, 6.07) is 4.57. The van der Waals surface area contributed by atoms with E-state index >= 15 is 0 Å². The van der Waals surface area contributed by atoms with Gasteiger partial charge < -0.3 is 14.6 Å². The lowest BCUT2D eigenvalue weighted by Gasteiger charge is -2.47. The van der Waals surface area contributed by atoms with Crippen molar-refractivity contribution in [1.29, 1.82) is 0 Å². The van der Waals surface area contributed by atoms with E-state index in [-0.39, 0.29) is 6.10 Å². The van der Waals surface area contributed by atoms with Crippen LogP contribution in [0.1, 0.15) is 49.3 Å². The van der Waals surface area contributed by atoms with Gasteiger partial charge in [-0.1, -0.05) is 19.3 Å². The van der Waals surface area contributed by atoms with Gasteiger partial charge in [0.05, 0.1) is 20.3 Å². The zero-order chi connectivity index (χ0) is 16.7. The molecule has 1 aromatic carbocycles. The molecule has 4 heteroatoms. The SMILES string of the molecule is COc1cc2c(cc1OC)C1C[C@@H](O)C(CC3CCC3)CN1CC2. The summed E-state index contributed by atoms with van der Waals surface area (Å²) in [5, 5.41) is 10.7. The molecule has 2 aliphatic heterocycles. The molecule has 132 valence electrons. The minimum absolute atomic E-state index is 0.175. The van der Waals surface area contributed by atoms with E-state index < -0.39 is 0 Å². The van der Waals surface area contributed by atoms with Gasteiger partial charge in [-0.2, -0.15) is 0 Å². The fourth-order valence-corrected chi connectivity index (χ4v) is 4.81. The van der Waals surface area contributed by atoms with Crippen molar-refractivity contribution in [2.24, 2.45) is 11.8 Å². The molecule has 1 N–H and O–H groups in total. The Morgan fingerprint density at radius 3 is 2.58 bits per heavy atom. The molecule has 0 spiro atoms. The average molecular weight is 331 g/mol. The zero-order valence-corrected chi connectivity index (χ0v) is 14.8. The molecule has 0 aromatic heterocycles. The Morgan fingerprint density at radius 1 is 1.17 bits per heavy atom. The van der Waals surface area contributed by atoms with Crippen LogP contribution in [0.4, 0.5) is 0 Å². The van der Waals surface area contributed by atoms with Crippen LogP contribution < -0.4 is 9.47 Å². The first-order valence-electron chi connectivity index (χ1n) is 9.36. The highest BCUT2D eigenvalue weighted by Gasteiger charge is 2.39. The number of aliphatic hydroxyl groups excluding tert-OH is 1. The van der Waals surface area contributed by atoms with E-state index in [4.69, 9.17) is 9.47 Å². The number of piperidine rings is 1. The molecule has 0 amide bonds. The van der Waals surface area contributed by atoms with Crippen LogP contribution in [-0.2, 0) is 6.42 Å². The van der Waals surface area contributed by atoms with Crippen LogP contribution in [0.25, 0.3) is 0 Å². The lowest BCUT2D eigenvalue weighted by atomic mass is 9.74. The first-order valence-corrected chi connectivity index (χ1v) is 9.36. The maximum atomic E-state index is 10.7. The van der Waals surface area contributed by atoms with Crippen molar-refractivity contribution in [1.82, 2.24) is 4.90 Å². The fourth-order valence-electron chi connectivity index (χ4n) is 4.81. The van der Waals surface area contributed by atoms with E-state index in [0.29, 0.717) is 12.0 Å². The molecule has 3 atom stereocenters. The summed E-state index contributed by atoms with van der Waals surface area (Å²) >= 11 is 0. The highest BCUT2D eigenvalue weighted by molar-refractivity contribution is 5.49. The topological polar surface area (TPSA) is 41.9 Å². The third-order valence-corrected chi connectivity index (χ3v) is 6.45. The van der Waals surface area contributed by atoms with Crippen LogP contribution in [-0.4, -0.2) is 43.4 Å². The number of fused-ring (bicyclic) bond motifs is 3. The summed E-state index contributed by atoms with van der Waals surface area (Å²) < 4.78 is 10.9. The maximum Gasteiger partial charge on any atom is 0.161 e. The normalized spacial score (nSPS) is 30.2. The molecule has 1 aromatic rings. The molecule has 1 saturated carbocycles. The Labute approximate surface area is 144 Å². The summed E-state index contributed by atoms with van der Waals surface area (Å²) in [4.78, 5) is 2.59. The first kappa shape index (κ1) is 16.2. The second-order valence-corrected chi connectivity index (χ2v) is 7.76. The van der Waals surface area contributed by atoms with Crippen molar-refractivity contribution in [2.45, 2.75) is 50.7 Å². The van der Waals surface area contributed by atoms with E-state index in [1.165, 1.54) is 36.8 Å². The van der Waals surface area contributed by atoms with Gasteiger partial charge in [-0.3, -0.25) is 4.90 Å². The van der Waals surface area contributed by atoms with Crippen LogP contribution in [0.3, 0.4) is 0 Å². The third-order valence-electron chi connectivity index (χ3n) is 6.45. The Hall–Kier alpha value is -1.26. The van der Waals surface area contributed by atoms with Crippen molar-refractivity contribution in [3.63, 3.8) is 0 Å². The molecule has 2 heterocycles. The number of rotatable bonds is 4. The molecule has 2 fully saturated rings. The first-order chi connectivity index (χ1) is 11.7. The number of methoxy groups -OCH3 is 2. The Bertz CT molecular complexity index is 599. The van der Waals surface area contributed by atoms with Gasteiger partial charge in [-0.15, -0.1) is 0 Å². The molecule has 3 aliphatic rings. The highest BCUT2D eigenvalue weighted by atomic mass is 16.5. The van der Waals surface area contributed by atoms with Crippen molar-refractivity contribution in [3.8, 4) is 11.5 Å². The smallest absolute Gasteiger partial charge is 0.161 e. The van der Waals surface area contributed by atoms with Crippen molar-refractivity contribution < 1.29 is 14.6 Å². The molecule has 4 nitrogen and oxygen atoms in total. The number of nitrogens with zero attached hydrogens (tertiary/aromatic N) is 1. The number of benzene rings is 1. The number of hydrogen-bond donors (Lipinski definition) is 1. The Morgan fingerprint density at radius 2 is 1.92 bits per heavy atom. The lowest BCUT2D eigenvalue weighted by Crippen LogP contribution is -2.48. The fraction of sp³-hybridized carbons (Fsp3) is 0.700. The predicted octanol–water partition coefficient (Wildman–Crippen LogP) is 3.17. The van der Waals surface area contributed by atoms with Gasteiger partial charge in [-0.25, -0.2) is 0 Å². The molecule has 0 bridgehead atoms. The molecule has 4 rings (SSSR count). The zero-order valence-electron chi connectivity index (χ0n) is 14.8. The van der Waals surface area contributed by atoms with Crippen LogP contribution in [0.2, 0.25) is 0 Å². The standard InChI is InChI=1S/C20H29NO3/c1-23-19-9-14-6-7-21-12-15(8-13-4-3-5-13)18(22)11-17(21)16(14)10-20(19)24-2/h9-10,13,15,17-18,22H,3-8,11-12H2,1-2H3/t15?,17?,18-/m1/s1. The van der Waals surface area contributed by atoms with Crippen molar-refractivity contribution in [3.05, 3.63) is 23.3 Å². The molecule has 2 unspecified atom stereocenters. The van der Waals surface area contributed by atoms with Gasteiger partial charge >= 0.3 is 0 Å². The van der Waals surface area contributed by atoms with E-state index in [0.717, 1.165) is 43.3 Å². The van der Waals surface area contributed by atoms with Gasteiger partial charge in [-0.05, 0) is 54.4 Å². The third kappa shape index (κ3) is 2.80. The maximum absolute atomic E-state index is 10.7. The van der Waals surface area contributed by atoms with Gasteiger partial charge in [0.15, 0.2) is 11.5 Å². The Kier molecular flexibility index (Phi) is 4.44. The van der Waals surface area contributed by atoms with Crippen molar-refractivity contribution in [2.75, 3.05) is 27.3 Å². The average Bonchev–Trinajstić information content (AvgIpc) is 2.57. The summed E-state index contributed by atoms with van der Waals surface area (Å²) in [5.41, 5.74) is 2.67. The van der Waals surface area contributed by atoms with Gasteiger partial charge in [0.1, 0.15) is 0 Å². The number of hydrogen-bond acceptors (Lipinski definition) is 4. The van der Waals surface area contributed by atoms with E-state index in [1.54, 1.807) is 14.2 Å². The summed E-state index contributed by atoms with van der Waals surface area (Å²) in [6.07, 6.45) is 7.06. The molecule has 24 heavy (non-hydrogen) atoms. The Balaban J connectivity index is 1.56. The number of ether oxygens (including phenoxy) is 2. The predicted molar refractivity (Wildman–Crippen MR) is 93.6 cm³/mol. The largest absolute Gasteiger partial charge is 0.493 e. The second-order valence-electron chi connectivity index (χ2n) is 7.76. The summed E-state index contributed by atoms with van der Waals surface area (Å²) in [6.45, 7) is 2.12. The lowest BCUT2D eigenvalue weighted by molar-refractivity contribution is -0.0250. The van der Waals surface area contributed by atoms with Gasteiger partial charge in [0.25, 0.3) is 0 Å². The van der Waals surface area contributed by atoms with Crippen LogP contribution >= 0.6 is 0 Å². The molecule has 1 saturated heterocycles. The van der Waals surface area contributed by atoms with Crippen LogP contribution in [0, 0.1) is 11.8 Å². The van der Waals surface area contributed by atoms with E-state index in [2.05, 4.69) is 17.0 Å². The van der Waals surface area contributed by atoms with E-state index in [9.17, 15) is 5.11 Å². The molecular formula is C20H29NO3. The minimum atomic E-state index is -0.175. The monoisotopic (exact) mass is 331 g/mol. The van der Waals surface area contributed by atoms with Crippen LogP contribution in [0.5, 0.6) is 11.5 Å².